The summed E-state index contributed by atoms with van der Waals surface area (Å²) in [7, 11) is 0. The fourth-order valence-corrected chi connectivity index (χ4v) is 2.86. The summed E-state index contributed by atoms with van der Waals surface area (Å²) >= 11 is 0. The van der Waals surface area contributed by atoms with Crippen LogP contribution in [0.1, 0.15) is 29.3 Å². The van der Waals surface area contributed by atoms with E-state index in [9.17, 15) is 20.0 Å². The van der Waals surface area contributed by atoms with Gasteiger partial charge in [-0.3, -0.25) is 13.9 Å². The smallest absolute Gasteiger partial charge is 0.331 e. The Balaban J connectivity index is 2.07. The Morgan fingerprint density at radius 1 is 1.27 bits per heavy atom. The average Bonchev–Trinajstić information content (AvgIpc) is 3.02. The van der Waals surface area contributed by atoms with Crippen LogP contribution in [0.4, 0.5) is 0 Å². The van der Waals surface area contributed by atoms with Crippen LogP contribution >= 0.6 is 0 Å². The lowest BCUT2D eigenvalue weighted by Gasteiger charge is -2.15. The van der Waals surface area contributed by atoms with Crippen LogP contribution in [0, 0.1) is 11.3 Å². The van der Waals surface area contributed by atoms with Gasteiger partial charge in [-0.1, -0.05) is 30.3 Å². The summed E-state index contributed by atoms with van der Waals surface area (Å²) in [4.78, 5) is 24.8. The Hall–Kier alpha value is -2.65. The maximum atomic E-state index is 12.4. The van der Waals surface area contributed by atoms with Crippen LogP contribution in [0.3, 0.4) is 0 Å². The van der Waals surface area contributed by atoms with Gasteiger partial charge < -0.3 is 5.11 Å². The molecule has 0 spiro atoms. The zero-order valence-electron chi connectivity index (χ0n) is 11.9. The van der Waals surface area contributed by atoms with E-state index >= 15 is 0 Å². The molecule has 1 aliphatic heterocycles. The van der Waals surface area contributed by atoms with E-state index in [2.05, 4.69) is 0 Å². The normalized spacial score (nSPS) is 14.4. The molecule has 1 aromatic heterocycles. The van der Waals surface area contributed by atoms with E-state index in [0.29, 0.717) is 24.2 Å². The molecule has 22 heavy (non-hydrogen) atoms. The Kier molecular flexibility index (Phi) is 3.65. The van der Waals surface area contributed by atoms with E-state index in [1.807, 2.05) is 12.1 Å². The summed E-state index contributed by atoms with van der Waals surface area (Å²) in [5.74, 6) is 0. The molecule has 0 aliphatic carbocycles. The number of fused-ring (bicyclic) bond motifs is 1. The maximum Gasteiger partial charge on any atom is 0.331 e. The molecule has 112 valence electrons. The molecule has 1 aliphatic rings. The highest BCUT2D eigenvalue weighted by Crippen LogP contribution is 2.15. The quantitative estimate of drug-likeness (QED) is 0.896. The van der Waals surface area contributed by atoms with Gasteiger partial charge in [0, 0.05) is 12.2 Å². The third kappa shape index (κ3) is 2.26. The Morgan fingerprint density at radius 2 is 2.00 bits per heavy atom. The highest BCUT2D eigenvalue weighted by molar-refractivity contribution is 5.33. The number of hydrogen-bond acceptors (Lipinski definition) is 4. The lowest BCUT2D eigenvalue weighted by atomic mass is 10.1. The zero-order valence-corrected chi connectivity index (χ0v) is 11.9. The fraction of sp³-hybridized carbons (Fsp3) is 0.312. The summed E-state index contributed by atoms with van der Waals surface area (Å²) in [5, 5.41) is 19.5. The fourth-order valence-electron chi connectivity index (χ4n) is 2.86. The van der Waals surface area contributed by atoms with Gasteiger partial charge in [-0.15, -0.1) is 0 Å². The third-order valence-electron chi connectivity index (χ3n) is 3.98. The van der Waals surface area contributed by atoms with Gasteiger partial charge in [-0.25, -0.2) is 4.79 Å². The minimum atomic E-state index is -0.974. The molecule has 0 bridgehead atoms. The third-order valence-corrected chi connectivity index (χ3v) is 3.98. The van der Waals surface area contributed by atoms with Crippen LogP contribution < -0.4 is 11.2 Å². The van der Waals surface area contributed by atoms with Crippen molar-refractivity contribution in [3.63, 3.8) is 0 Å². The Bertz CT molecular complexity index is 859. The van der Waals surface area contributed by atoms with Gasteiger partial charge in [0.2, 0.25) is 0 Å². The predicted octanol–water partition coefficient (Wildman–Crippen LogP) is 0.561. The summed E-state index contributed by atoms with van der Waals surface area (Å²) in [6, 6.07) is 10.7. The Labute approximate surface area is 126 Å². The highest BCUT2D eigenvalue weighted by atomic mass is 16.3. The summed E-state index contributed by atoms with van der Waals surface area (Å²) in [5.41, 5.74) is 0.0835. The standard InChI is InChI=1S/C16H15N3O3/c17-9-12-13-7-4-8-18(13)16(22)19(15(12)21)10-14(20)11-5-2-1-3-6-11/h1-3,5-6,14,20H,4,7-8,10H2/t14-/m1/s1. The van der Waals surface area contributed by atoms with E-state index in [-0.39, 0.29) is 12.1 Å². The van der Waals surface area contributed by atoms with Crippen molar-refractivity contribution in [2.24, 2.45) is 0 Å². The number of benzene rings is 1. The number of hydrogen-bond donors (Lipinski definition) is 1. The van der Waals surface area contributed by atoms with Crippen LogP contribution in [0.15, 0.2) is 39.9 Å². The van der Waals surface area contributed by atoms with E-state index in [1.165, 1.54) is 4.57 Å². The molecule has 0 saturated heterocycles. The first-order valence-corrected chi connectivity index (χ1v) is 7.13. The second-order valence-corrected chi connectivity index (χ2v) is 5.31. The Morgan fingerprint density at radius 3 is 2.68 bits per heavy atom. The first-order chi connectivity index (χ1) is 10.6. The molecule has 6 heteroatoms. The lowest BCUT2D eigenvalue weighted by molar-refractivity contribution is 0.152. The molecule has 6 nitrogen and oxygen atoms in total. The van der Waals surface area contributed by atoms with Crippen molar-refractivity contribution >= 4 is 0 Å². The molecule has 0 radical (unpaired) electrons. The summed E-state index contributed by atoms with van der Waals surface area (Å²) < 4.78 is 2.43. The first kappa shape index (κ1) is 14.3. The molecule has 1 atom stereocenters. The van der Waals surface area contributed by atoms with E-state index < -0.39 is 17.4 Å². The molecule has 0 saturated carbocycles. The van der Waals surface area contributed by atoms with Gasteiger partial charge in [0.15, 0.2) is 0 Å². The second-order valence-electron chi connectivity index (χ2n) is 5.31. The molecule has 0 fully saturated rings. The van der Waals surface area contributed by atoms with Gasteiger partial charge in [0.25, 0.3) is 5.56 Å². The molecule has 1 N–H and O–H groups in total. The van der Waals surface area contributed by atoms with Crippen molar-refractivity contribution in [2.45, 2.75) is 32.0 Å². The van der Waals surface area contributed by atoms with Crippen LogP contribution in [-0.4, -0.2) is 14.2 Å². The average molecular weight is 297 g/mol. The molecular formula is C16H15N3O3. The molecule has 0 amide bonds. The van der Waals surface area contributed by atoms with Gasteiger partial charge in [-0.2, -0.15) is 5.26 Å². The van der Waals surface area contributed by atoms with Crippen molar-refractivity contribution < 1.29 is 5.11 Å². The van der Waals surface area contributed by atoms with E-state index in [1.54, 1.807) is 24.3 Å². The maximum absolute atomic E-state index is 12.4. The van der Waals surface area contributed by atoms with Crippen molar-refractivity contribution in [2.75, 3.05) is 0 Å². The minimum Gasteiger partial charge on any atom is -0.387 e. The predicted molar refractivity (Wildman–Crippen MR) is 79.4 cm³/mol. The monoisotopic (exact) mass is 297 g/mol. The van der Waals surface area contributed by atoms with Crippen LogP contribution in [-0.2, 0) is 19.5 Å². The molecule has 1 aromatic carbocycles. The van der Waals surface area contributed by atoms with Gasteiger partial charge in [0.05, 0.1) is 12.6 Å². The van der Waals surface area contributed by atoms with Gasteiger partial charge >= 0.3 is 5.69 Å². The van der Waals surface area contributed by atoms with Crippen LogP contribution in [0.5, 0.6) is 0 Å². The van der Waals surface area contributed by atoms with Crippen LogP contribution in [0.2, 0.25) is 0 Å². The van der Waals surface area contributed by atoms with Crippen LogP contribution in [0.25, 0.3) is 0 Å². The van der Waals surface area contributed by atoms with Crippen molar-refractivity contribution in [3.05, 3.63) is 68.0 Å². The number of aliphatic hydroxyl groups is 1. The summed E-state index contributed by atoms with van der Waals surface area (Å²) in [6.07, 6.45) is 0.336. The van der Waals surface area contributed by atoms with Crippen molar-refractivity contribution in [1.82, 2.24) is 9.13 Å². The molecule has 2 aromatic rings. The number of aromatic nitrogens is 2. The van der Waals surface area contributed by atoms with Gasteiger partial charge in [0.1, 0.15) is 11.6 Å². The second kappa shape index (κ2) is 5.62. The topological polar surface area (TPSA) is 88.0 Å². The molecule has 0 unspecified atom stereocenters. The molecule has 3 rings (SSSR count). The zero-order chi connectivity index (χ0) is 15.7. The number of aliphatic hydroxyl groups excluding tert-OH is 1. The number of rotatable bonds is 3. The number of nitriles is 1. The van der Waals surface area contributed by atoms with E-state index in [0.717, 1.165) is 11.0 Å². The van der Waals surface area contributed by atoms with E-state index in [4.69, 9.17) is 0 Å². The van der Waals surface area contributed by atoms with Crippen molar-refractivity contribution in [1.29, 1.82) is 5.26 Å². The summed E-state index contributed by atoms with van der Waals surface area (Å²) in [6.45, 7) is 0.348. The molecule has 2 heterocycles. The number of nitrogens with zero attached hydrogens (tertiary/aromatic N) is 3. The lowest BCUT2D eigenvalue weighted by Crippen LogP contribution is -2.42. The van der Waals surface area contributed by atoms with Gasteiger partial charge in [-0.05, 0) is 18.4 Å². The first-order valence-electron chi connectivity index (χ1n) is 7.13. The highest BCUT2D eigenvalue weighted by Gasteiger charge is 2.23. The minimum absolute atomic E-state index is 0.0114. The van der Waals surface area contributed by atoms with Crippen molar-refractivity contribution in [3.8, 4) is 6.07 Å². The largest absolute Gasteiger partial charge is 0.387 e. The molecular weight excluding hydrogens is 282 g/mol. The SMILES string of the molecule is N#Cc1c2n(c(=O)n(C[C@@H](O)c3ccccc3)c1=O)CCC2.